The number of nitrogens with zero attached hydrogens (tertiary/aromatic N) is 1. The second-order valence-electron chi connectivity index (χ2n) is 4.57. The molecule has 17 heavy (non-hydrogen) atoms. The Morgan fingerprint density at radius 1 is 1.47 bits per heavy atom. The number of aryl methyl sites for hydroxylation is 1. The van der Waals surface area contributed by atoms with E-state index in [4.69, 9.17) is 10.5 Å². The Balaban J connectivity index is 2.20. The van der Waals surface area contributed by atoms with Gasteiger partial charge in [0.25, 0.3) is 0 Å². The standard InChI is InChI=1S/C12H19N3O2/c1-9-2-3-10(13)11(14-9)15-12(8-16)4-6-17-7-5-12/h2-3,16H,4-8,13H2,1H3,(H,14,15). The van der Waals surface area contributed by atoms with Gasteiger partial charge in [-0.3, -0.25) is 0 Å². The van der Waals surface area contributed by atoms with E-state index in [-0.39, 0.29) is 12.1 Å². The first-order valence-electron chi connectivity index (χ1n) is 5.85. The number of nitrogens with one attached hydrogen (secondary N) is 1. The summed E-state index contributed by atoms with van der Waals surface area (Å²) >= 11 is 0. The van der Waals surface area contributed by atoms with Crippen LogP contribution in [-0.2, 0) is 4.74 Å². The molecule has 0 amide bonds. The third-order valence-electron chi connectivity index (χ3n) is 3.20. The first-order valence-corrected chi connectivity index (χ1v) is 5.85. The zero-order chi connectivity index (χ0) is 12.3. The average Bonchev–Trinajstić information content (AvgIpc) is 2.35. The first-order chi connectivity index (χ1) is 8.15. The fourth-order valence-electron chi connectivity index (χ4n) is 2.00. The van der Waals surface area contributed by atoms with E-state index in [1.807, 2.05) is 19.1 Å². The molecule has 4 N–H and O–H groups in total. The van der Waals surface area contributed by atoms with Crippen LogP contribution >= 0.6 is 0 Å². The van der Waals surface area contributed by atoms with Crippen molar-refractivity contribution in [3.05, 3.63) is 17.8 Å². The van der Waals surface area contributed by atoms with Crippen molar-refractivity contribution in [1.82, 2.24) is 4.98 Å². The molecule has 0 saturated carbocycles. The highest BCUT2D eigenvalue weighted by atomic mass is 16.5. The molecule has 1 aliphatic heterocycles. The smallest absolute Gasteiger partial charge is 0.149 e. The van der Waals surface area contributed by atoms with Crippen LogP contribution in [0.5, 0.6) is 0 Å². The molecular formula is C12H19N3O2. The molecule has 5 nitrogen and oxygen atoms in total. The van der Waals surface area contributed by atoms with E-state index in [0.717, 1.165) is 18.5 Å². The number of rotatable bonds is 3. The van der Waals surface area contributed by atoms with E-state index in [1.54, 1.807) is 0 Å². The summed E-state index contributed by atoms with van der Waals surface area (Å²) in [4.78, 5) is 4.37. The molecule has 1 saturated heterocycles. The minimum Gasteiger partial charge on any atom is -0.396 e. The lowest BCUT2D eigenvalue weighted by Crippen LogP contribution is -2.47. The molecule has 0 aliphatic carbocycles. The molecule has 0 unspecified atom stereocenters. The normalized spacial score (nSPS) is 18.9. The Bertz CT molecular complexity index is 389. The van der Waals surface area contributed by atoms with E-state index in [2.05, 4.69) is 10.3 Å². The Kier molecular flexibility index (Phi) is 3.49. The van der Waals surface area contributed by atoms with Gasteiger partial charge in [-0.25, -0.2) is 4.98 Å². The van der Waals surface area contributed by atoms with Crippen molar-refractivity contribution in [3.63, 3.8) is 0 Å². The summed E-state index contributed by atoms with van der Waals surface area (Å²) in [5.41, 5.74) is 7.04. The number of aliphatic hydroxyl groups is 1. The molecule has 0 radical (unpaired) electrons. The Morgan fingerprint density at radius 3 is 2.82 bits per heavy atom. The van der Waals surface area contributed by atoms with E-state index >= 15 is 0 Å². The molecule has 1 aliphatic rings. The van der Waals surface area contributed by atoms with Crippen molar-refractivity contribution in [1.29, 1.82) is 0 Å². The Morgan fingerprint density at radius 2 is 2.18 bits per heavy atom. The third-order valence-corrected chi connectivity index (χ3v) is 3.20. The zero-order valence-corrected chi connectivity index (χ0v) is 10.1. The molecule has 2 rings (SSSR count). The number of anilines is 2. The van der Waals surface area contributed by atoms with Gasteiger partial charge in [-0.1, -0.05) is 0 Å². The van der Waals surface area contributed by atoms with Crippen LogP contribution in [0, 0.1) is 6.92 Å². The molecule has 2 heterocycles. The molecule has 0 spiro atoms. The third kappa shape index (κ3) is 2.68. The van der Waals surface area contributed by atoms with Crippen LogP contribution in [0.3, 0.4) is 0 Å². The fraction of sp³-hybridized carbons (Fsp3) is 0.583. The lowest BCUT2D eigenvalue weighted by molar-refractivity contribution is 0.0379. The zero-order valence-electron chi connectivity index (χ0n) is 10.1. The summed E-state index contributed by atoms with van der Waals surface area (Å²) in [6.07, 6.45) is 1.52. The molecular weight excluding hydrogens is 218 g/mol. The van der Waals surface area contributed by atoms with Crippen LogP contribution < -0.4 is 11.1 Å². The van der Waals surface area contributed by atoms with E-state index in [9.17, 15) is 5.11 Å². The van der Waals surface area contributed by atoms with Gasteiger partial charge in [-0.2, -0.15) is 0 Å². The van der Waals surface area contributed by atoms with Crippen LogP contribution in [-0.4, -0.2) is 35.5 Å². The van der Waals surface area contributed by atoms with Gasteiger partial charge in [0.1, 0.15) is 5.82 Å². The van der Waals surface area contributed by atoms with Crippen molar-refractivity contribution in [3.8, 4) is 0 Å². The van der Waals surface area contributed by atoms with Crippen molar-refractivity contribution in [2.24, 2.45) is 0 Å². The Labute approximate surface area is 101 Å². The van der Waals surface area contributed by atoms with Crippen molar-refractivity contribution in [2.75, 3.05) is 30.9 Å². The first kappa shape index (κ1) is 12.1. The quantitative estimate of drug-likeness (QED) is 0.728. The molecule has 1 aromatic rings. The maximum Gasteiger partial charge on any atom is 0.149 e. The summed E-state index contributed by atoms with van der Waals surface area (Å²) in [5.74, 6) is 0.654. The molecule has 94 valence electrons. The van der Waals surface area contributed by atoms with Gasteiger partial charge in [0.05, 0.1) is 17.8 Å². The largest absolute Gasteiger partial charge is 0.396 e. The van der Waals surface area contributed by atoms with Gasteiger partial charge in [0, 0.05) is 18.9 Å². The van der Waals surface area contributed by atoms with E-state index in [0.29, 0.717) is 24.7 Å². The summed E-state index contributed by atoms with van der Waals surface area (Å²) in [6.45, 7) is 3.28. The number of hydrogen-bond donors (Lipinski definition) is 3. The highest BCUT2D eigenvalue weighted by Crippen LogP contribution is 2.27. The minimum atomic E-state index is -0.354. The predicted octanol–water partition coefficient (Wildman–Crippen LogP) is 0.926. The summed E-state index contributed by atoms with van der Waals surface area (Å²) in [7, 11) is 0. The average molecular weight is 237 g/mol. The van der Waals surface area contributed by atoms with Crippen LogP contribution in [0.4, 0.5) is 11.5 Å². The summed E-state index contributed by atoms with van der Waals surface area (Å²) in [6, 6.07) is 3.70. The number of pyridine rings is 1. The van der Waals surface area contributed by atoms with E-state index in [1.165, 1.54) is 0 Å². The van der Waals surface area contributed by atoms with Gasteiger partial charge >= 0.3 is 0 Å². The van der Waals surface area contributed by atoms with Crippen molar-refractivity contribution in [2.45, 2.75) is 25.3 Å². The van der Waals surface area contributed by atoms with Crippen molar-refractivity contribution < 1.29 is 9.84 Å². The van der Waals surface area contributed by atoms with Gasteiger partial charge < -0.3 is 20.9 Å². The molecule has 1 aromatic heterocycles. The highest BCUT2D eigenvalue weighted by Gasteiger charge is 2.32. The summed E-state index contributed by atoms with van der Waals surface area (Å²) in [5, 5.41) is 12.9. The SMILES string of the molecule is Cc1ccc(N)c(NC2(CO)CCOCC2)n1. The number of hydrogen-bond acceptors (Lipinski definition) is 5. The monoisotopic (exact) mass is 237 g/mol. The topological polar surface area (TPSA) is 80.4 Å². The van der Waals surface area contributed by atoms with Gasteiger partial charge in [-0.15, -0.1) is 0 Å². The minimum absolute atomic E-state index is 0.0609. The van der Waals surface area contributed by atoms with Crippen LogP contribution in [0.15, 0.2) is 12.1 Å². The number of aromatic nitrogens is 1. The second-order valence-corrected chi connectivity index (χ2v) is 4.57. The molecule has 0 atom stereocenters. The second kappa shape index (κ2) is 4.89. The summed E-state index contributed by atoms with van der Waals surface area (Å²) < 4.78 is 5.32. The molecule has 1 fully saturated rings. The lowest BCUT2D eigenvalue weighted by atomic mass is 9.91. The number of nitrogen functional groups attached to an aromatic ring is 1. The Hall–Kier alpha value is -1.33. The maximum atomic E-state index is 9.58. The van der Waals surface area contributed by atoms with Gasteiger partial charge in [0.15, 0.2) is 0 Å². The predicted molar refractivity (Wildman–Crippen MR) is 66.9 cm³/mol. The van der Waals surface area contributed by atoms with Gasteiger partial charge in [0.2, 0.25) is 0 Å². The highest BCUT2D eigenvalue weighted by molar-refractivity contribution is 5.62. The number of aliphatic hydroxyl groups excluding tert-OH is 1. The lowest BCUT2D eigenvalue weighted by Gasteiger charge is -2.37. The molecule has 0 bridgehead atoms. The molecule has 5 heteroatoms. The fourth-order valence-corrected chi connectivity index (χ4v) is 2.00. The van der Waals surface area contributed by atoms with Crippen LogP contribution in [0.25, 0.3) is 0 Å². The van der Waals surface area contributed by atoms with E-state index < -0.39 is 0 Å². The molecule has 0 aromatic carbocycles. The van der Waals surface area contributed by atoms with Gasteiger partial charge in [-0.05, 0) is 31.9 Å². The van der Waals surface area contributed by atoms with Crippen LogP contribution in [0.2, 0.25) is 0 Å². The maximum absolute atomic E-state index is 9.58. The van der Waals surface area contributed by atoms with Crippen LogP contribution in [0.1, 0.15) is 18.5 Å². The van der Waals surface area contributed by atoms with Crippen molar-refractivity contribution >= 4 is 11.5 Å². The number of nitrogens with two attached hydrogens (primary N) is 1. The number of ether oxygens (including phenoxy) is 1.